The quantitative estimate of drug-likeness (QED) is 0.909. The van der Waals surface area contributed by atoms with Gasteiger partial charge in [-0.15, -0.1) is 0 Å². The number of methoxy groups -OCH3 is 2. The number of pyridine rings is 1. The Hall–Kier alpha value is -2.07. The second-order valence-corrected chi connectivity index (χ2v) is 4.54. The van der Waals surface area contributed by atoms with Crippen LogP contribution in [-0.2, 0) is 0 Å². The predicted octanol–water partition coefficient (Wildman–Crippen LogP) is 2.72. The molecular weight excluding hydrogens is 252 g/mol. The van der Waals surface area contributed by atoms with Gasteiger partial charge in [-0.25, -0.2) is 0 Å². The highest BCUT2D eigenvalue weighted by Gasteiger charge is 2.18. The van der Waals surface area contributed by atoms with E-state index < -0.39 is 0 Å². The number of nitrogens with one attached hydrogen (secondary N) is 1. The number of aromatic nitrogens is 1. The Morgan fingerprint density at radius 2 is 1.85 bits per heavy atom. The molecule has 0 saturated carbocycles. The summed E-state index contributed by atoms with van der Waals surface area (Å²) in [5.41, 5.74) is 3.10. The minimum Gasteiger partial charge on any atom is -0.496 e. The van der Waals surface area contributed by atoms with E-state index in [1.807, 2.05) is 38.2 Å². The maximum atomic E-state index is 5.40. The second kappa shape index (κ2) is 6.39. The lowest BCUT2D eigenvalue weighted by atomic mass is 10.00. The molecule has 1 aromatic carbocycles. The van der Waals surface area contributed by atoms with Crippen molar-refractivity contribution in [1.82, 2.24) is 10.3 Å². The normalized spacial score (nSPS) is 12.0. The molecule has 1 aromatic heterocycles. The van der Waals surface area contributed by atoms with Crippen LogP contribution in [-0.4, -0.2) is 26.3 Å². The summed E-state index contributed by atoms with van der Waals surface area (Å²) in [7, 11) is 5.25. The Morgan fingerprint density at radius 3 is 2.45 bits per heavy atom. The lowest BCUT2D eigenvalue weighted by Gasteiger charge is -2.19. The number of ether oxygens (including phenoxy) is 2. The molecule has 0 amide bonds. The van der Waals surface area contributed by atoms with Crippen LogP contribution in [0.5, 0.6) is 11.5 Å². The molecule has 1 N–H and O–H groups in total. The van der Waals surface area contributed by atoms with Gasteiger partial charge in [0.25, 0.3) is 0 Å². The van der Waals surface area contributed by atoms with Crippen LogP contribution >= 0.6 is 0 Å². The van der Waals surface area contributed by atoms with Crippen LogP contribution < -0.4 is 14.8 Å². The van der Waals surface area contributed by atoms with Gasteiger partial charge >= 0.3 is 0 Å². The molecule has 1 heterocycles. The summed E-state index contributed by atoms with van der Waals surface area (Å²) in [4.78, 5) is 4.45. The molecule has 2 aromatic rings. The average molecular weight is 272 g/mol. The Kier molecular flexibility index (Phi) is 4.58. The number of hydrogen-bond donors (Lipinski definition) is 1. The van der Waals surface area contributed by atoms with E-state index in [0.717, 1.165) is 28.3 Å². The first kappa shape index (κ1) is 14.3. The molecule has 20 heavy (non-hydrogen) atoms. The van der Waals surface area contributed by atoms with Crippen molar-refractivity contribution >= 4 is 0 Å². The summed E-state index contributed by atoms with van der Waals surface area (Å²) < 4.78 is 10.7. The Balaban J connectivity index is 2.44. The summed E-state index contributed by atoms with van der Waals surface area (Å²) in [6.45, 7) is 2.03. The average Bonchev–Trinajstić information content (AvgIpc) is 2.49. The lowest BCUT2D eigenvalue weighted by Crippen LogP contribution is -2.19. The third kappa shape index (κ3) is 2.75. The van der Waals surface area contributed by atoms with Gasteiger partial charge in [0.15, 0.2) is 0 Å². The Labute approximate surface area is 119 Å². The molecule has 0 saturated heterocycles. The molecule has 0 bridgehead atoms. The first-order valence-corrected chi connectivity index (χ1v) is 6.52. The lowest BCUT2D eigenvalue weighted by molar-refractivity contribution is 0.401. The van der Waals surface area contributed by atoms with Gasteiger partial charge in [0.05, 0.1) is 20.3 Å². The molecule has 0 spiro atoms. The van der Waals surface area contributed by atoms with E-state index in [2.05, 4.69) is 16.4 Å². The van der Waals surface area contributed by atoms with E-state index >= 15 is 0 Å². The minimum atomic E-state index is -0.0178. The predicted molar refractivity (Wildman–Crippen MR) is 79.4 cm³/mol. The van der Waals surface area contributed by atoms with E-state index in [9.17, 15) is 0 Å². The first-order chi connectivity index (χ1) is 9.71. The van der Waals surface area contributed by atoms with Gasteiger partial charge in [-0.05, 0) is 43.3 Å². The van der Waals surface area contributed by atoms with E-state index in [4.69, 9.17) is 9.47 Å². The van der Waals surface area contributed by atoms with Crippen molar-refractivity contribution in [3.05, 3.63) is 53.3 Å². The molecule has 1 unspecified atom stereocenters. The number of hydrogen-bond acceptors (Lipinski definition) is 4. The minimum absolute atomic E-state index is 0.0178. The highest BCUT2D eigenvalue weighted by Crippen LogP contribution is 2.30. The van der Waals surface area contributed by atoms with Crippen molar-refractivity contribution in [2.45, 2.75) is 13.0 Å². The first-order valence-electron chi connectivity index (χ1n) is 6.52. The van der Waals surface area contributed by atoms with E-state index in [-0.39, 0.29) is 6.04 Å². The zero-order chi connectivity index (χ0) is 14.5. The zero-order valence-electron chi connectivity index (χ0n) is 12.3. The van der Waals surface area contributed by atoms with Gasteiger partial charge in [-0.1, -0.05) is 12.1 Å². The molecule has 0 radical (unpaired) electrons. The monoisotopic (exact) mass is 272 g/mol. The third-order valence-corrected chi connectivity index (χ3v) is 3.33. The summed E-state index contributed by atoms with van der Waals surface area (Å²) >= 11 is 0. The topological polar surface area (TPSA) is 43.4 Å². The summed E-state index contributed by atoms with van der Waals surface area (Å²) in [6, 6.07) is 9.90. The second-order valence-electron chi connectivity index (χ2n) is 4.54. The summed E-state index contributed by atoms with van der Waals surface area (Å²) in [6.07, 6.45) is 1.78. The van der Waals surface area contributed by atoms with E-state index in [0.29, 0.717) is 0 Å². The van der Waals surface area contributed by atoms with Crippen LogP contribution in [0.2, 0.25) is 0 Å². The number of aryl methyl sites for hydroxylation is 1. The maximum absolute atomic E-state index is 5.40. The fourth-order valence-corrected chi connectivity index (χ4v) is 2.33. The molecule has 106 valence electrons. The zero-order valence-corrected chi connectivity index (χ0v) is 12.3. The van der Waals surface area contributed by atoms with Gasteiger partial charge in [0.1, 0.15) is 17.2 Å². The van der Waals surface area contributed by atoms with E-state index in [1.54, 1.807) is 20.4 Å². The number of benzene rings is 1. The standard InChI is InChI=1S/C16H20N2O2/c1-11-10-12(7-8-13(11)19-3)15(17-2)16-14(20-4)6-5-9-18-16/h5-10,15,17H,1-4H3. The van der Waals surface area contributed by atoms with Crippen molar-refractivity contribution in [3.63, 3.8) is 0 Å². The Bertz CT molecular complexity index is 584. The van der Waals surface area contributed by atoms with Crippen LogP contribution in [0.1, 0.15) is 22.9 Å². The highest BCUT2D eigenvalue weighted by molar-refractivity contribution is 5.42. The van der Waals surface area contributed by atoms with Crippen LogP contribution in [0.15, 0.2) is 36.5 Å². The Morgan fingerprint density at radius 1 is 1.10 bits per heavy atom. The van der Waals surface area contributed by atoms with Crippen LogP contribution in [0, 0.1) is 6.92 Å². The van der Waals surface area contributed by atoms with Crippen LogP contribution in [0.4, 0.5) is 0 Å². The maximum Gasteiger partial charge on any atom is 0.142 e. The molecule has 4 heteroatoms. The summed E-state index contributed by atoms with van der Waals surface area (Å²) in [5, 5.41) is 3.29. The molecule has 2 rings (SSSR count). The summed E-state index contributed by atoms with van der Waals surface area (Å²) in [5.74, 6) is 1.66. The van der Waals surface area contributed by atoms with Crippen LogP contribution in [0.3, 0.4) is 0 Å². The SMILES string of the molecule is CNC(c1ccc(OC)c(C)c1)c1ncccc1OC. The fraction of sp³-hybridized carbons (Fsp3) is 0.312. The van der Waals surface area contributed by atoms with Crippen molar-refractivity contribution in [1.29, 1.82) is 0 Å². The highest BCUT2D eigenvalue weighted by atomic mass is 16.5. The molecule has 0 aliphatic heterocycles. The number of nitrogens with zero attached hydrogens (tertiary/aromatic N) is 1. The molecule has 1 atom stereocenters. The van der Waals surface area contributed by atoms with Gasteiger partial charge < -0.3 is 14.8 Å². The van der Waals surface area contributed by atoms with Gasteiger partial charge in [-0.3, -0.25) is 4.98 Å². The van der Waals surface area contributed by atoms with Gasteiger partial charge in [0.2, 0.25) is 0 Å². The van der Waals surface area contributed by atoms with E-state index in [1.165, 1.54) is 0 Å². The van der Waals surface area contributed by atoms with Crippen molar-refractivity contribution in [2.24, 2.45) is 0 Å². The molecule has 0 fully saturated rings. The van der Waals surface area contributed by atoms with Crippen molar-refractivity contribution in [2.75, 3.05) is 21.3 Å². The molecule has 0 aliphatic rings. The smallest absolute Gasteiger partial charge is 0.142 e. The molecular formula is C16H20N2O2. The van der Waals surface area contributed by atoms with Gasteiger partial charge in [0, 0.05) is 6.20 Å². The van der Waals surface area contributed by atoms with Crippen LogP contribution in [0.25, 0.3) is 0 Å². The molecule has 4 nitrogen and oxygen atoms in total. The van der Waals surface area contributed by atoms with Crippen molar-refractivity contribution in [3.8, 4) is 11.5 Å². The largest absolute Gasteiger partial charge is 0.496 e. The van der Waals surface area contributed by atoms with Crippen molar-refractivity contribution < 1.29 is 9.47 Å². The fourth-order valence-electron chi connectivity index (χ4n) is 2.33. The number of rotatable bonds is 5. The molecule has 0 aliphatic carbocycles. The van der Waals surface area contributed by atoms with Gasteiger partial charge in [-0.2, -0.15) is 0 Å². The third-order valence-electron chi connectivity index (χ3n) is 3.33.